The first kappa shape index (κ1) is 17.6. The van der Waals surface area contributed by atoms with E-state index in [1.54, 1.807) is 12.1 Å². The van der Waals surface area contributed by atoms with Crippen molar-refractivity contribution in [2.75, 3.05) is 13.2 Å². The first-order chi connectivity index (χ1) is 9.85. The van der Waals surface area contributed by atoms with Crippen LogP contribution >= 0.6 is 0 Å². The molecule has 1 rings (SSSR count). The standard InChI is InChI=1S/C15H22F3NO2/c1-3-7-20-13-6-5-11(8-12(19)4-2)14(9-13)21-10-15(16,17)18/h5-6,9,12H,3-4,7-8,10,19H2,1-2H3. The summed E-state index contributed by atoms with van der Waals surface area (Å²) in [5, 5.41) is 0. The van der Waals surface area contributed by atoms with E-state index in [1.165, 1.54) is 6.07 Å². The van der Waals surface area contributed by atoms with E-state index in [2.05, 4.69) is 0 Å². The van der Waals surface area contributed by atoms with Crippen molar-refractivity contribution in [2.45, 2.75) is 45.3 Å². The van der Waals surface area contributed by atoms with Crippen molar-refractivity contribution in [3.8, 4) is 11.5 Å². The Kier molecular flexibility index (Phi) is 6.81. The van der Waals surface area contributed by atoms with Crippen LogP contribution in [0.2, 0.25) is 0 Å². The third kappa shape index (κ3) is 6.71. The van der Waals surface area contributed by atoms with E-state index in [9.17, 15) is 13.2 Å². The van der Waals surface area contributed by atoms with Crippen LogP contribution in [-0.4, -0.2) is 25.4 Å². The van der Waals surface area contributed by atoms with Crippen LogP contribution in [0.25, 0.3) is 0 Å². The van der Waals surface area contributed by atoms with Crippen LogP contribution in [0.5, 0.6) is 11.5 Å². The van der Waals surface area contributed by atoms with Gasteiger partial charge >= 0.3 is 6.18 Å². The lowest BCUT2D eigenvalue weighted by Gasteiger charge is -2.17. The maximum absolute atomic E-state index is 12.3. The Morgan fingerprint density at radius 3 is 2.48 bits per heavy atom. The summed E-state index contributed by atoms with van der Waals surface area (Å²) in [6, 6.07) is 4.83. The van der Waals surface area contributed by atoms with E-state index in [-0.39, 0.29) is 11.8 Å². The largest absolute Gasteiger partial charge is 0.493 e. The lowest BCUT2D eigenvalue weighted by Crippen LogP contribution is -2.23. The zero-order valence-corrected chi connectivity index (χ0v) is 12.4. The Bertz CT molecular complexity index is 435. The molecule has 0 bridgehead atoms. The van der Waals surface area contributed by atoms with Crippen molar-refractivity contribution in [1.82, 2.24) is 0 Å². The van der Waals surface area contributed by atoms with Gasteiger partial charge in [-0.2, -0.15) is 13.2 Å². The number of benzene rings is 1. The van der Waals surface area contributed by atoms with Gasteiger partial charge in [-0.3, -0.25) is 0 Å². The SMILES string of the molecule is CCCOc1ccc(CC(N)CC)c(OCC(F)(F)F)c1. The smallest absolute Gasteiger partial charge is 0.422 e. The summed E-state index contributed by atoms with van der Waals surface area (Å²) < 4.78 is 47.3. The second-order valence-corrected chi connectivity index (χ2v) is 4.89. The lowest BCUT2D eigenvalue weighted by atomic mass is 10.0. The fraction of sp³-hybridized carbons (Fsp3) is 0.600. The zero-order chi connectivity index (χ0) is 15.9. The first-order valence-corrected chi connectivity index (χ1v) is 7.06. The second-order valence-electron chi connectivity index (χ2n) is 4.89. The fourth-order valence-electron chi connectivity index (χ4n) is 1.73. The molecule has 0 fully saturated rings. The zero-order valence-electron chi connectivity index (χ0n) is 12.4. The number of rotatable bonds is 8. The van der Waals surface area contributed by atoms with Gasteiger partial charge in [-0.15, -0.1) is 0 Å². The average molecular weight is 305 g/mol. The molecule has 1 aromatic carbocycles. The van der Waals surface area contributed by atoms with E-state index < -0.39 is 12.8 Å². The molecule has 1 atom stereocenters. The van der Waals surface area contributed by atoms with Gasteiger partial charge in [0, 0.05) is 12.1 Å². The Balaban J connectivity index is 2.89. The number of halogens is 3. The van der Waals surface area contributed by atoms with E-state index in [4.69, 9.17) is 15.2 Å². The molecule has 6 heteroatoms. The van der Waals surface area contributed by atoms with Crippen LogP contribution < -0.4 is 15.2 Å². The van der Waals surface area contributed by atoms with Crippen molar-refractivity contribution < 1.29 is 22.6 Å². The van der Waals surface area contributed by atoms with Crippen LogP contribution in [0.15, 0.2) is 18.2 Å². The Morgan fingerprint density at radius 1 is 1.19 bits per heavy atom. The van der Waals surface area contributed by atoms with Gasteiger partial charge in [-0.1, -0.05) is 19.9 Å². The summed E-state index contributed by atoms with van der Waals surface area (Å²) in [5.41, 5.74) is 6.53. The number of hydrogen-bond donors (Lipinski definition) is 1. The van der Waals surface area contributed by atoms with Crippen LogP contribution in [-0.2, 0) is 6.42 Å². The minimum Gasteiger partial charge on any atom is -0.493 e. The van der Waals surface area contributed by atoms with Crippen molar-refractivity contribution in [3.63, 3.8) is 0 Å². The molecule has 0 radical (unpaired) electrons. The van der Waals surface area contributed by atoms with Gasteiger partial charge in [-0.05, 0) is 30.9 Å². The molecule has 1 unspecified atom stereocenters. The van der Waals surface area contributed by atoms with Gasteiger partial charge in [-0.25, -0.2) is 0 Å². The quantitative estimate of drug-likeness (QED) is 0.796. The molecule has 0 amide bonds. The molecule has 3 nitrogen and oxygen atoms in total. The van der Waals surface area contributed by atoms with Crippen molar-refractivity contribution in [3.05, 3.63) is 23.8 Å². The molecule has 1 aromatic rings. The van der Waals surface area contributed by atoms with E-state index in [0.29, 0.717) is 24.3 Å². The predicted octanol–water partition coefficient (Wildman–Crippen LogP) is 3.70. The molecule has 0 saturated heterocycles. The van der Waals surface area contributed by atoms with E-state index in [0.717, 1.165) is 12.8 Å². The monoisotopic (exact) mass is 305 g/mol. The van der Waals surface area contributed by atoms with Crippen molar-refractivity contribution in [2.24, 2.45) is 5.73 Å². The first-order valence-electron chi connectivity index (χ1n) is 7.06. The maximum atomic E-state index is 12.3. The summed E-state index contributed by atoms with van der Waals surface area (Å²) >= 11 is 0. The third-order valence-electron chi connectivity index (χ3n) is 2.91. The molecule has 0 aliphatic rings. The topological polar surface area (TPSA) is 44.5 Å². The van der Waals surface area contributed by atoms with E-state index in [1.807, 2.05) is 13.8 Å². The molecule has 21 heavy (non-hydrogen) atoms. The predicted molar refractivity (Wildman–Crippen MR) is 75.7 cm³/mol. The number of nitrogens with two attached hydrogens (primary N) is 1. The van der Waals surface area contributed by atoms with Gasteiger partial charge in [0.05, 0.1) is 6.61 Å². The second kappa shape index (κ2) is 8.12. The van der Waals surface area contributed by atoms with Crippen LogP contribution in [0.3, 0.4) is 0 Å². The molecule has 120 valence electrons. The lowest BCUT2D eigenvalue weighted by molar-refractivity contribution is -0.153. The summed E-state index contributed by atoms with van der Waals surface area (Å²) in [5.74, 6) is 0.688. The molecule has 0 aliphatic carbocycles. The number of hydrogen-bond acceptors (Lipinski definition) is 3. The van der Waals surface area contributed by atoms with E-state index >= 15 is 0 Å². The minimum absolute atomic E-state index is 0.111. The minimum atomic E-state index is -4.37. The molecule has 2 N–H and O–H groups in total. The fourth-order valence-corrected chi connectivity index (χ4v) is 1.73. The normalized spacial score (nSPS) is 13.0. The van der Waals surface area contributed by atoms with Gasteiger partial charge in [0.1, 0.15) is 11.5 Å². The van der Waals surface area contributed by atoms with Crippen LogP contribution in [0.4, 0.5) is 13.2 Å². The summed E-state index contributed by atoms with van der Waals surface area (Å²) in [6.45, 7) is 3.07. The van der Waals surface area contributed by atoms with Gasteiger partial charge in [0.25, 0.3) is 0 Å². The molecule has 0 aliphatic heterocycles. The Hall–Kier alpha value is -1.43. The molecular formula is C15H22F3NO2. The van der Waals surface area contributed by atoms with Crippen LogP contribution in [0, 0.1) is 0 Å². The number of alkyl halides is 3. The van der Waals surface area contributed by atoms with Gasteiger partial charge < -0.3 is 15.2 Å². The highest BCUT2D eigenvalue weighted by Crippen LogP contribution is 2.28. The van der Waals surface area contributed by atoms with Gasteiger partial charge in [0.2, 0.25) is 0 Å². The average Bonchev–Trinajstić information content (AvgIpc) is 2.43. The Labute approximate surface area is 123 Å². The number of ether oxygens (including phenoxy) is 2. The maximum Gasteiger partial charge on any atom is 0.422 e. The summed E-state index contributed by atoms with van der Waals surface area (Å²) in [6.07, 6.45) is -2.34. The summed E-state index contributed by atoms with van der Waals surface area (Å²) in [7, 11) is 0. The molecule has 0 spiro atoms. The highest BCUT2D eigenvalue weighted by atomic mass is 19.4. The highest BCUT2D eigenvalue weighted by molar-refractivity contribution is 5.41. The van der Waals surface area contributed by atoms with Crippen LogP contribution in [0.1, 0.15) is 32.3 Å². The molecule has 0 heterocycles. The molecule has 0 aromatic heterocycles. The van der Waals surface area contributed by atoms with Crippen molar-refractivity contribution >= 4 is 0 Å². The molecule has 0 saturated carbocycles. The van der Waals surface area contributed by atoms with Crippen molar-refractivity contribution in [1.29, 1.82) is 0 Å². The Morgan fingerprint density at radius 2 is 1.90 bits per heavy atom. The molecular weight excluding hydrogens is 283 g/mol. The van der Waals surface area contributed by atoms with Gasteiger partial charge in [0.15, 0.2) is 6.61 Å². The summed E-state index contributed by atoms with van der Waals surface area (Å²) in [4.78, 5) is 0. The highest BCUT2D eigenvalue weighted by Gasteiger charge is 2.29. The third-order valence-corrected chi connectivity index (χ3v) is 2.91.